The third kappa shape index (κ3) is 8.18. The summed E-state index contributed by atoms with van der Waals surface area (Å²) in [5.41, 5.74) is 1.46. The van der Waals surface area contributed by atoms with Crippen LogP contribution in [0.25, 0.3) is 0 Å². The van der Waals surface area contributed by atoms with Gasteiger partial charge < -0.3 is 15.0 Å². The maximum atomic E-state index is 14.0. The van der Waals surface area contributed by atoms with Gasteiger partial charge in [-0.05, 0) is 48.4 Å². The molecule has 11 heteroatoms. The molecule has 0 bridgehead atoms. The second-order valence-corrected chi connectivity index (χ2v) is 11.2. The summed E-state index contributed by atoms with van der Waals surface area (Å²) < 4.78 is 45.6. The molecule has 0 radical (unpaired) electrons. The number of benzene rings is 3. The average molecular weight is 576 g/mol. The first kappa shape index (κ1) is 29.9. The highest BCUT2D eigenvalue weighted by Crippen LogP contribution is 2.33. The number of halogens is 2. The van der Waals surface area contributed by atoms with Crippen LogP contribution in [-0.4, -0.2) is 57.6 Å². The van der Waals surface area contributed by atoms with Crippen molar-refractivity contribution in [3.8, 4) is 5.75 Å². The second-order valence-electron chi connectivity index (χ2n) is 8.83. The van der Waals surface area contributed by atoms with Crippen LogP contribution in [0.15, 0.2) is 72.8 Å². The third-order valence-electron chi connectivity index (χ3n) is 5.98. The first-order chi connectivity index (χ1) is 18.5. The van der Waals surface area contributed by atoms with E-state index >= 15 is 0 Å². The Morgan fingerprint density at radius 2 is 1.69 bits per heavy atom. The quantitative estimate of drug-likeness (QED) is 0.352. The molecule has 3 aromatic carbocycles. The molecule has 0 spiro atoms. The van der Waals surface area contributed by atoms with Crippen molar-refractivity contribution in [3.05, 3.63) is 94.8 Å². The molecule has 1 atom stereocenters. The predicted molar refractivity (Wildman–Crippen MR) is 150 cm³/mol. The van der Waals surface area contributed by atoms with Crippen molar-refractivity contribution < 1.29 is 27.1 Å². The number of methoxy groups -OCH3 is 1. The Bertz CT molecular complexity index is 1390. The van der Waals surface area contributed by atoms with E-state index in [0.29, 0.717) is 12.1 Å². The summed E-state index contributed by atoms with van der Waals surface area (Å²) >= 11 is 6.15. The Hall–Kier alpha value is -3.63. The standard InChI is InChI=1S/C28H31ClFN3O5S/c1-4-31-28(35)25(16-20-8-6-5-7-9-20)32(18-21-10-13-23(30)14-11-21)27(34)19-33(39(3,36)37)24-17-22(29)12-15-26(24)38-2/h5-15,17,25H,4,16,18-19H2,1-3H3,(H,31,35)/t25-/m0/s1. The molecular weight excluding hydrogens is 545 g/mol. The largest absolute Gasteiger partial charge is 0.495 e. The van der Waals surface area contributed by atoms with E-state index in [2.05, 4.69) is 5.32 Å². The summed E-state index contributed by atoms with van der Waals surface area (Å²) in [6, 6.07) is 18.2. The molecule has 0 saturated heterocycles. The monoisotopic (exact) mass is 575 g/mol. The normalized spacial score (nSPS) is 11.9. The molecule has 0 aliphatic rings. The molecule has 0 aromatic heterocycles. The van der Waals surface area contributed by atoms with Gasteiger partial charge in [-0.15, -0.1) is 0 Å². The van der Waals surface area contributed by atoms with Gasteiger partial charge in [-0.1, -0.05) is 54.1 Å². The van der Waals surface area contributed by atoms with E-state index in [1.165, 1.54) is 54.5 Å². The van der Waals surface area contributed by atoms with Crippen LogP contribution < -0.4 is 14.4 Å². The van der Waals surface area contributed by atoms with Crippen molar-refractivity contribution >= 4 is 39.1 Å². The molecule has 3 rings (SSSR count). The van der Waals surface area contributed by atoms with Gasteiger partial charge in [0, 0.05) is 24.5 Å². The maximum absolute atomic E-state index is 14.0. The first-order valence-corrected chi connectivity index (χ1v) is 14.4. The highest BCUT2D eigenvalue weighted by molar-refractivity contribution is 7.92. The Morgan fingerprint density at radius 3 is 2.28 bits per heavy atom. The molecule has 1 N–H and O–H groups in total. The van der Waals surface area contributed by atoms with E-state index in [9.17, 15) is 22.4 Å². The van der Waals surface area contributed by atoms with E-state index in [1.807, 2.05) is 30.3 Å². The third-order valence-corrected chi connectivity index (χ3v) is 7.34. The van der Waals surface area contributed by atoms with E-state index in [1.54, 1.807) is 6.92 Å². The Balaban J connectivity index is 2.07. The molecule has 208 valence electrons. The minimum Gasteiger partial charge on any atom is -0.495 e. The van der Waals surface area contributed by atoms with Crippen LogP contribution in [0.5, 0.6) is 5.75 Å². The van der Waals surface area contributed by atoms with Crippen molar-refractivity contribution in [2.24, 2.45) is 0 Å². The van der Waals surface area contributed by atoms with Crippen molar-refractivity contribution in [1.29, 1.82) is 0 Å². The minimum atomic E-state index is -3.99. The second kappa shape index (κ2) is 13.4. The maximum Gasteiger partial charge on any atom is 0.244 e. The first-order valence-electron chi connectivity index (χ1n) is 12.2. The number of anilines is 1. The van der Waals surface area contributed by atoms with Crippen molar-refractivity contribution in [1.82, 2.24) is 10.2 Å². The Kier molecular flexibility index (Phi) is 10.3. The lowest BCUT2D eigenvalue weighted by atomic mass is 10.0. The molecule has 39 heavy (non-hydrogen) atoms. The zero-order chi connectivity index (χ0) is 28.6. The molecule has 0 fully saturated rings. The van der Waals surface area contributed by atoms with E-state index in [4.69, 9.17) is 16.3 Å². The van der Waals surface area contributed by atoms with Gasteiger partial charge in [0.2, 0.25) is 21.8 Å². The Morgan fingerprint density at radius 1 is 1.03 bits per heavy atom. The summed E-state index contributed by atoms with van der Waals surface area (Å²) in [6.45, 7) is 1.41. The molecular formula is C28H31ClFN3O5S. The number of hydrogen-bond donors (Lipinski definition) is 1. The van der Waals surface area contributed by atoms with Gasteiger partial charge in [-0.2, -0.15) is 0 Å². The van der Waals surface area contributed by atoms with Crippen LogP contribution >= 0.6 is 11.6 Å². The number of amides is 2. The number of carbonyl (C=O) groups excluding carboxylic acids is 2. The summed E-state index contributed by atoms with van der Waals surface area (Å²) in [6.07, 6.45) is 1.15. The predicted octanol–water partition coefficient (Wildman–Crippen LogP) is 4.03. The fraction of sp³-hybridized carbons (Fsp3) is 0.286. The SMILES string of the molecule is CCNC(=O)[C@H](Cc1ccccc1)N(Cc1ccc(F)cc1)C(=O)CN(c1cc(Cl)ccc1OC)S(C)(=O)=O. The number of nitrogens with zero attached hydrogens (tertiary/aromatic N) is 2. The van der Waals surface area contributed by atoms with Crippen LogP contribution in [0.2, 0.25) is 5.02 Å². The average Bonchev–Trinajstić information content (AvgIpc) is 2.90. The van der Waals surface area contributed by atoms with E-state index in [-0.39, 0.29) is 29.4 Å². The summed E-state index contributed by atoms with van der Waals surface area (Å²) in [5, 5.41) is 3.02. The van der Waals surface area contributed by atoms with Crippen LogP contribution in [0.3, 0.4) is 0 Å². The number of carbonyl (C=O) groups is 2. The van der Waals surface area contributed by atoms with Crippen molar-refractivity contribution in [2.75, 3.05) is 30.8 Å². The number of nitrogens with one attached hydrogen (secondary N) is 1. The van der Waals surface area contributed by atoms with Crippen LogP contribution in [0.4, 0.5) is 10.1 Å². The fourth-order valence-corrected chi connectivity index (χ4v) is 5.10. The summed E-state index contributed by atoms with van der Waals surface area (Å²) in [4.78, 5) is 28.6. The molecule has 3 aromatic rings. The molecule has 0 aliphatic carbocycles. The van der Waals surface area contributed by atoms with Gasteiger partial charge >= 0.3 is 0 Å². The number of rotatable bonds is 12. The number of ether oxygens (including phenoxy) is 1. The van der Waals surface area contributed by atoms with Gasteiger partial charge in [0.15, 0.2) is 0 Å². The molecule has 0 aliphatic heterocycles. The summed E-state index contributed by atoms with van der Waals surface area (Å²) in [7, 11) is -2.62. The number of sulfonamides is 1. The molecule has 2 amide bonds. The van der Waals surface area contributed by atoms with Crippen molar-refractivity contribution in [2.45, 2.75) is 25.9 Å². The minimum absolute atomic E-state index is 0.0575. The zero-order valence-electron chi connectivity index (χ0n) is 21.9. The van der Waals surface area contributed by atoms with Gasteiger partial charge in [-0.3, -0.25) is 13.9 Å². The molecule has 0 heterocycles. The van der Waals surface area contributed by atoms with E-state index < -0.39 is 40.2 Å². The Labute approximate surface area is 233 Å². The molecule has 8 nitrogen and oxygen atoms in total. The van der Waals surface area contributed by atoms with Crippen LogP contribution in [-0.2, 0) is 32.6 Å². The lowest BCUT2D eigenvalue weighted by molar-refractivity contribution is -0.140. The smallest absolute Gasteiger partial charge is 0.244 e. The number of likely N-dealkylation sites (N-methyl/N-ethyl adjacent to an activating group) is 1. The molecule has 0 saturated carbocycles. The summed E-state index contributed by atoms with van der Waals surface area (Å²) in [5.74, 6) is -1.29. The van der Waals surface area contributed by atoms with E-state index in [0.717, 1.165) is 16.1 Å². The molecule has 0 unspecified atom stereocenters. The number of hydrogen-bond acceptors (Lipinski definition) is 5. The lowest BCUT2D eigenvalue weighted by Crippen LogP contribution is -2.53. The lowest BCUT2D eigenvalue weighted by Gasteiger charge is -2.33. The van der Waals surface area contributed by atoms with Gasteiger partial charge in [0.05, 0.1) is 19.1 Å². The van der Waals surface area contributed by atoms with Crippen LogP contribution in [0, 0.1) is 5.82 Å². The zero-order valence-corrected chi connectivity index (χ0v) is 23.5. The highest BCUT2D eigenvalue weighted by atomic mass is 35.5. The highest BCUT2D eigenvalue weighted by Gasteiger charge is 2.33. The van der Waals surface area contributed by atoms with Gasteiger partial charge in [0.1, 0.15) is 24.2 Å². The topological polar surface area (TPSA) is 96.0 Å². The van der Waals surface area contributed by atoms with Gasteiger partial charge in [-0.25, -0.2) is 12.8 Å². The fourth-order valence-electron chi connectivity index (χ4n) is 4.09. The van der Waals surface area contributed by atoms with Gasteiger partial charge in [0.25, 0.3) is 0 Å². The van der Waals surface area contributed by atoms with Crippen LogP contribution in [0.1, 0.15) is 18.1 Å². The van der Waals surface area contributed by atoms with Crippen molar-refractivity contribution in [3.63, 3.8) is 0 Å².